The summed E-state index contributed by atoms with van der Waals surface area (Å²) < 4.78 is 33.3. The number of amides is 1. The molecule has 0 atom stereocenters. The smallest absolute Gasteiger partial charge is 0.251 e. The molecule has 2 heterocycles. The van der Waals surface area contributed by atoms with Crippen LogP contribution >= 0.6 is 11.6 Å². The van der Waals surface area contributed by atoms with Crippen LogP contribution in [0.15, 0.2) is 42.7 Å². The molecule has 1 aliphatic rings. The lowest BCUT2D eigenvalue weighted by Gasteiger charge is -2.38. The van der Waals surface area contributed by atoms with Crippen molar-refractivity contribution < 1.29 is 18.3 Å². The predicted octanol–water partition coefficient (Wildman–Crippen LogP) is 3.17. The summed E-state index contributed by atoms with van der Waals surface area (Å²) in [4.78, 5) is 26.1. The third kappa shape index (κ3) is 4.80. The Hall–Kier alpha value is -3.53. The van der Waals surface area contributed by atoms with Crippen molar-refractivity contribution in [1.29, 1.82) is 0 Å². The van der Waals surface area contributed by atoms with Crippen LogP contribution in [-0.2, 0) is 0 Å². The predicted molar refractivity (Wildman–Crippen MR) is 111 cm³/mol. The Morgan fingerprint density at radius 2 is 2.00 bits per heavy atom. The molecule has 31 heavy (non-hydrogen) atoms. The maximum absolute atomic E-state index is 13.9. The molecule has 3 aromatic rings. The fourth-order valence-electron chi connectivity index (χ4n) is 2.99. The molecule has 0 spiro atoms. The van der Waals surface area contributed by atoms with Crippen molar-refractivity contribution >= 4 is 35.1 Å². The van der Waals surface area contributed by atoms with Crippen molar-refractivity contribution in [1.82, 2.24) is 20.3 Å². The second kappa shape index (κ2) is 8.68. The summed E-state index contributed by atoms with van der Waals surface area (Å²) in [6.07, 6.45) is 1.08. The Morgan fingerprint density at radius 1 is 1.19 bits per heavy atom. The van der Waals surface area contributed by atoms with E-state index >= 15 is 0 Å². The van der Waals surface area contributed by atoms with Gasteiger partial charge in [-0.2, -0.15) is 4.98 Å². The monoisotopic (exact) mass is 446 g/mol. The number of hydrogen-bond donors (Lipinski definition) is 2. The van der Waals surface area contributed by atoms with Crippen molar-refractivity contribution in [2.75, 3.05) is 30.4 Å². The van der Waals surface area contributed by atoms with E-state index in [9.17, 15) is 13.6 Å². The van der Waals surface area contributed by atoms with Crippen LogP contribution in [0.25, 0.3) is 0 Å². The van der Waals surface area contributed by atoms with Crippen molar-refractivity contribution in [3.8, 4) is 5.75 Å². The van der Waals surface area contributed by atoms with Gasteiger partial charge in [-0.3, -0.25) is 4.79 Å². The summed E-state index contributed by atoms with van der Waals surface area (Å²) in [7, 11) is 1.46. The first-order valence-electron chi connectivity index (χ1n) is 9.26. The van der Waals surface area contributed by atoms with E-state index in [1.807, 2.05) is 4.90 Å². The van der Waals surface area contributed by atoms with Crippen LogP contribution in [0.3, 0.4) is 0 Å². The first-order valence-corrected chi connectivity index (χ1v) is 9.64. The van der Waals surface area contributed by atoms with E-state index in [4.69, 9.17) is 16.3 Å². The minimum absolute atomic E-state index is 0.130. The summed E-state index contributed by atoms with van der Waals surface area (Å²) in [5, 5.41) is 5.61. The minimum atomic E-state index is -0.574. The number of ether oxygens (including phenoxy) is 1. The molecule has 1 fully saturated rings. The van der Waals surface area contributed by atoms with Gasteiger partial charge in [0.15, 0.2) is 11.6 Å². The molecule has 4 rings (SSSR count). The lowest BCUT2D eigenvalue weighted by atomic mass is 10.2. The molecule has 0 bridgehead atoms. The highest BCUT2D eigenvalue weighted by Crippen LogP contribution is 2.26. The molecule has 2 N–H and O–H groups in total. The Bertz CT molecular complexity index is 1130. The van der Waals surface area contributed by atoms with Gasteiger partial charge in [0.25, 0.3) is 5.91 Å². The molecular weight excluding hydrogens is 430 g/mol. The van der Waals surface area contributed by atoms with E-state index in [-0.39, 0.29) is 23.4 Å². The number of nitrogens with zero attached hydrogens (tertiary/aromatic N) is 4. The minimum Gasteiger partial charge on any atom is -0.484 e. The first kappa shape index (κ1) is 20.7. The third-order valence-corrected chi connectivity index (χ3v) is 4.76. The van der Waals surface area contributed by atoms with E-state index in [1.165, 1.54) is 37.6 Å². The van der Waals surface area contributed by atoms with Crippen molar-refractivity contribution in [3.05, 3.63) is 64.9 Å². The number of nitrogens with one attached hydrogen (secondary N) is 2. The van der Waals surface area contributed by atoms with Gasteiger partial charge in [0, 0.05) is 23.3 Å². The van der Waals surface area contributed by atoms with Crippen molar-refractivity contribution in [3.63, 3.8) is 0 Å². The average Bonchev–Trinajstić information content (AvgIpc) is 2.70. The van der Waals surface area contributed by atoms with Crippen LogP contribution < -0.4 is 20.3 Å². The third-order valence-electron chi connectivity index (χ3n) is 4.52. The molecule has 0 unspecified atom stereocenters. The van der Waals surface area contributed by atoms with Gasteiger partial charge in [0.2, 0.25) is 11.9 Å². The maximum Gasteiger partial charge on any atom is 0.251 e. The lowest BCUT2D eigenvalue weighted by Crippen LogP contribution is -2.54. The second-order valence-electron chi connectivity index (χ2n) is 6.76. The number of aromatic nitrogens is 3. The van der Waals surface area contributed by atoms with Gasteiger partial charge in [-0.1, -0.05) is 11.6 Å². The summed E-state index contributed by atoms with van der Waals surface area (Å²) in [6.45, 7) is 0.901. The lowest BCUT2D eigenvalue weighted by molar-refractivity contribution is 0.0962. The van der Waals surface area contributed by atoms with Gasteiger partial charge >= 0.3 is 0 Å². The van der Waals surface area contributed by atoms with Crippen LogP contribution in [-0.4, -0.2) is 47.1 Å². The standard InChI is InChI=1S/C20H17ClF2N6O2/c1-24-18(30)11-4-13(22)7-14(5-11)27-19-25-10-26-20(28-19)29-8-15(9-29)31-17-3-2-12(21)6-16(17)23/h2-7,10,15H,8-9H2,1H3,(H,24,30)(H,25,26,27,28). The second-order valence-corrected chi connectivity index (χ2v) is 7.20. The largest absolute Gasteiger partial charge is 0.484 e. The molecule has 0 saturated carbocycles. The van der Waals surface area contributed by atoms with Gasteiger partial charge in [-0.25, -0.2) is 18.7 Å². The Morgan fingerprint density at radius 3 is 2.74 bits per heavy atom. The molecule has 1 amide bonds. The Kier molecular flexibility index (Phi) is 5.81. The zero-order chi connectivity index (χ0) is 22.0. The molecule has 8 nitrogen and oxygen atoms in total. The van der Waals surface area contributed by atoms with Gasteiger partial charge in [0.05, 0.1) is 13.1 Å². The van der Waals surface area contributed by atoms with Crippen LogP contribution in [0.4, 0.5) is 26.4 Å². The Labute approximate surface area is 181 Å². The quantitative estimate of drug-likeness (QED) is 0.600. The normalized spacial score (nSPS) is 13.5. The number of hydrogen-bond acceptors (Lipinski definition) is 7. The topological polar surface area (TPSA) is 92.3 Å². The SMILES string of the molecule is CNC(=O)c1cc(F)cc(Nc2ncnc(N3CC(Oc4ccc(Cl)cc4F)C3)n2)c1. The number of halogens is 3. The number of rotatable bonds is 6. The van der Waals surface area contributed by atoms with E-state index < -0.39 is 17.5 Å². The van der Waals surface area contributed by atoms with Gasteiger partial charge in [-0.15, -0.1) is 0 Å². The zero-order valence-electron chi connectivity index (χ0n) is 16.3. The molecule has 2 aromatic carbocycles. The first-order chi connectivity index (χ1) is 14.9. The molecule has 0 radical (unpaired) electrons. The average molecular weight is 447 g/mol. The van der Waals surface area contributed by atoms with E-state index in [2.05, 4.69) is 25.6 Å². The summed E-state index contributed by atoms with van der Waals surface area (Å²) in [5.74, 6) is -0.810. The fourth-order valence-corrected chi connectivity index (χ4v) is 3.15. The molecule has 160 valence electrons. The summed E-state index contributed by atoms with van der Waals surface area (Å²) >= 11 is 5.74. The molecule has 11 heteroatoms. The number of anilines is 3. The molecule has 0 aliphatic carbocycles. The van der Waals surface area contributed by atoms with Crippen molar-refractivity contribution in [2.45, 2.75) is 6.10 Å². The van der Waals surface area contributed by atoms with E-state index in [0.29, 0.717) is 29.7 Å². The van der Waals surface area contributed by atoms with Gasteiger partial charge < -0.3 is 20.3 Å². The maximum atomic E-state index is 13.9. The highest BCUT2D eigenvalue weighted by Gasteiger charge is 2.31. The van der Waals surface area contributed by atoms with Crippen LogP contribution in [0.2, 0.25) is 5.02 Å². The molecule has 1 aliphatic heterocycles. The highest BCUT2D eigenvalue weighted by atomic mass is 35.5. The van der Waals surface area contributed by atoms with Crippen LogP contribution in [0.1, 0.15) is 10.4 Å². The summed E-state index contributed by atoms with van der Waals surface area (Å²) in [5.41, 5.74) is 0.482. The number of carbonyl (C=O) groups excluding carboxylic acids is 1. The van der Waals surface area contributed by atoms with Crippen molar-refractivity contribution in [2.24, 2.45) is 0 Å². The van der Waals surface area contributed by atoms with E-state index in [0.717, 1.165) is 6.07 Å². The van der Waals surface area contributed by atoms with Crippen LogP contribution in [0, 0.1) is 11.6 Å². The number of benzene rings is 2. The summed E-state index contributed by atoms with van der Waals surface area (Å²) in [6, 6.07) is 8.08. The fraction of sp³-hybridized carbons (Fsp3) is 0.200. The molecule has 1 saturated heterocycles. The zero-order valence-corrected chi connectivity index (χ0v) is 17.0. The van der Waals surface area contributed by atoms with E-state index in [1.54, 1.807) is 6.07 Å². The van der Waals surface area contributed by atoms with Gasteiger partial charge in [-0.05, 0) is 36.4 Å². The Balaban J connectivity index is 1.41. The molecule has 1 aromatic heterocycles. The van der Waals surface area contributed by atoms with Gasteiger partial charge in [0.1, 0.15) is 18.2 Å². The van der Waals surface area contributed by atoms with Crippen LogP contribution in [0.5, 0.6) is 5.75 Å². The number of carbonyl (C=O) groups is 1. The highest BCUT2D eigenvalue weighted by molar-refractivity contribution is 6.30. The molecular formula is C20H17ClF2N6O2.